The lowest BCUT2D eigenvalue weighted by molar-refractivity contribution is 0.0950. The van der Waals surface area contributed by atoms with Crippen LogP contribution in [-0.4, -0.2) is 22.4 Å². The van der Waals surface area contributed by atoms with Gasteiger partial charge in [-0.05, 0) is 11.5 Å². The van der Waals surface area contributed by atoms with Gasteiger partial charge in [-0.15, -0.1) is 0 Å². The molecule has 0 saturated heterocycles. The molecule has 1 aromatic heterocycles. The summed E-state index contributed by atoms with van der Waals surface area (Å²) < 4.78 is 0. The lowest BCUT2D eigenvalue weighted by Gasteiger charge is -2.08. The molecule has 0 unspecified atom stereocenters. The van der Waals surface area contributed by atoms with E-state index in [-0.39, 0.29) is 5.91 Å². The maximum Gasteiger partial charge on any atom is 0.254 e. The van der Waals surface area contributed by atoms with Crippen molar-refractivity contribution in [2.45, 2.75) is 20.4 Å². The van der Waals surface area contributed by atoms with E-state index in [0.29, 0.717) is 24.0 Å². The number of benzene rings is 1. The van der Waals surface area contributed by atoms with Crippen molar-refractivity contribution in [3.05, 3.63) is 53.9 Å². The fourth-order valence-electron chi connectivity index (χ4n) is 1.71. The van der Waals surface area contributed by atoms with Gasteiger partial charge in [-0.1, -0.05) is 44.2 Å². The van der Waals surface area contributed by atoms with E-state index >= 15 is 0 Å². The van der Waals surface area contributed by atoms with Gasteiger partial charge in [0, 0.05) is 25.5 Å². The minimum Gasteiger partial charge on any atom is -0.354 e. The highest BCUT2D eigenvalue weighted by atomic mass is 16.1. The molecule has 0 aliphatic rings. The molecule has 0 fully saturated rings. The molecule has 110 valence electrons. The van der Waals surface area contributed by atoms with Crippen molar-refractivity contribution in [3.8, 4) is 0 Å². The van der Waals surface area contributed by atoms with E-state index in [9.17, 15) is 4.79 Å². The summed E-state index contributed by atoms with van der Waals surface area (Å²) in [5.74, 6) is 0.889. The van der Waals surface area contributed by atoms with Crippen molar-refractivity contribution in [1.82, 2.24) is 15.3 Å². The van der Waals surface area contributed by atoms with E-state index in [2.05, 4.69) is 34.4 Å². The Labute approximate surface area is 124 Å². The van der Waals surface area contributed by atoms with Gasteiger partial charge >= 0.3 is 0 Å². The van der Waals surface area contributed by atoms with Crippen molar-refractivity contribution in [2.24, 2.45) is 5.92 Å². The van der Waals surface area contributed by atoms with E-state index in [1.807, 2.05) is 30.3 Å². The Morgan fingerprint density at radius 2 is 1.81 bits per heavy atom. The maximum atomic E-state index is 12.0. The zero-order valence-corrected chi connectivity index (χ0v) is 12.3. The molecule has 2 rings (SSSR count). The standard InChI is InChI=1S/C16H20N4O/c1-12(2)8-18-16-19-10-14(11-20-16)15(21)17-9-13-6-4-3-5-7-13/h3-7,10-12H,8-9H2,1-2H3,(H,17,21)(H,18,19,20). The van der Waals surface area contributed by atoms with Crippen LogP contribution in [0.4, 0.5) is 5.95 Å². The second-order valence-corrected chi connectivity index (χ2v) is 5.24. The zero-order valence-electron chi connectivity index (χ0n) is 12.3. The van der Waals surface area contributed by atoms with Gasteiger partial charge in [-0.3, -0.25) is 4.79 Å². The van der Waals surface area contributed by atoms with E-state index in [1.54, 1.807) is 0 Å². The van der Waals surface area contributed by atoms with Crippen LogP contribution in [0.25, 0.3) is 0 Å². The number of carbonyl (C=O) groups is 1. The molecule has 5 heteroatoms. The van der Waals surface area contributed by atoms with Crippen molar-refractivity contribution in [2.75, 3.05) is 11.9 Å². The average Bonchev–Trinajstić information content (AvgIpc) is 2.52. The van der Waals surface area contributed by atoms with Gasteiger partial charge in [0.15, 0.2) is 0 Å². The summed E-state index contributed by atoms with van der Waals surface area (Å²) in [5, 5.41) is 5.96. The molecule has 0 bridgehead atoms. The molecule has 0 aliphatic heterocycles. The lowest BCUT2D eigenvalue weighted by Crippen LogP contribution is -2.23. The first-order chi connectivity index (χ1) is 10.1. The molecule has 0 aliphatic carbocycles. The number of anilines is 1. The largest absolute Gasteiger partial charge is 0.354 e. The fraction of sp³-hybridized carbons (Fsp3) is 0.312. The molecule has 0 radical (unpaired) electrons. The normalized spacial score (nSPS) is 10.4. The van der Waals surface area contributed by atoms with Crippen LogP contribution in [0.15, 0.2) is 42.7 Å². The second-order valence-electron chi connectivity index (χ2n) is 5.24. The molecule has 0 saturated carbocycles. The molecule has 0 atom stereocenters. The summed E-state index contributed by atoms with van der Waals surface area (Å²) in [6, 6.07) is 9.77. The lowest BCUT2D eigenvalue weighted by atomic mass is 10.2. The highest BCUT2D eigenvalue weighted by molar-refractivity contribution is 5.93. The van der Waals surface area contributed by atoms with Crippen LogP contribution in [0.1, 0.15) is 29.8 Å². The number of nitrogens with zero attached hydrogens (tertiary/aromatic N) is 2. The van der Waals surface area contributed by atoms with Crippen LogP contribution in [0.5, 0.6) is 0 Å². The second kappa shape index (κ2) is 7.38. The molecular formula is C16H20N4O. The summed E-state index contributed by atoms with van der Waals surface area (Å²) in [5.41, 5.74) is 1.52. The van der Waals surface area contributed by atoms with Crippen molar-refractivity contribution in [3.63, 3.8) is 0 Å². The first-order valence-corrected chi connectivity index (χ1v) is 7.03. The van der Waals surface area contributed by atoms with E-state index < -0.39 is 0 Å². The van der Waals surface area contributed by atoms with Crippen LogP contribution in [0.3, 0.4) is 0 Å². The number of amides is 1. The number of hydrogen-bond acceptors (Lipinski definition) is 4. The Morgan fingerprint density at radius 3 is 2.43 bits per heavy atom. The van der Waals surface area contributed by atoms with Crippen molar-refractivity contribution in [1.29, 1.82) is 0 Å². The Balaban J connectivity index is 1.88. The molecule has 0 spiro atoms. The van der Waals surface area contributed by atoms with Crippen molar-refractivity contribution < 1.29 is 4.79 Å². The summed E-state index contributed by atoms with van der Waals surface area (Å²) in [7, 11) is 0. The first-order valence-electron chi connectivity index (χ1n) is 7.03. The van der Waals surface area contributed by atoms with Gasteiger partial charge in [-0.2, -0.15) is 0 Å². The molecule has 1 amide bonds. The van der Waals surface area contributed by atoms with E-state index in [4.69, 9.17) is 0 Å². The van der Waals surface area contributed by atoms with Crippen molar-refractivity contribution >= 4 is 11.9 Å². The Bertz CT molecular complexity index is 567. The van der Waals surface area contributed by atoms with Crippen LogP contribution >= 0.6 is 0 Å². The number of rotatable bonds is 6. The van der Waals surface area contributed by atoms with Gasteiger partial charge in [0.25, 0.3) is 5.91 Å². The van der Waals surface area contributed by atoms with Gasteiger partial charge in [0.1, 0.15) is 0 Å². The zero-order chi connectivity index (χ0) is 15.1. The number of carbonyl (C=O) groups excluding carboxylic acids is 1. The third kappa shape index (κ3) is 4.87. The Hall–Kier alpha value is -2.43. The SMILES string of the molecule is CC(C)CNc1ncc(C(=O)NCc2ccccc2)cn1. The molecule has 2 aromatic rings. The summed E-state index contributed by atoms with van der Waals surface area (Å²) in [6.07, 6.45) is 3.08. The summed E-state index contributed by atoms with van der Waals surface area (Å²) in [4.78, 5) is 20.3. The fourth-order valence-corrected chi connectivity index (χ4v) is 1.71. The quantitative estimate of drug-likeness (QED) is 0.855. The van der Waals surface area contributed by atoms with Gasteiger partial charge in [0.05, 0.1) is 5.56 Å². The molecule has 5 nitrogen and oxygen atoms in total. The topological polar surface area (TPSA) is 66.9 Å². The van der Waals surface area contributed by atoms with Gasteiger partial charge < -0.3 is 10.6 Å². The third-order valence-electron chi connectivity index (χ3n) is 2.88. The van der Waals surface area contributed by atoms with E-state index in [0.717, 1.165) is 12.1 Å². The maximum absolute atomic E-state index is 12.0. The van der Waals surface area contributed by atoms with Crippen LogP contribution in [0.2, 0.25) is 0 Å². The predicted octanol–water partition coefficient (Wildman–Crippen LogP) is 2.47. The molecule has 21 heavy (non-hydrogen) atoms. The molecule has 1 heterocycles. The van der Waals surface area contributed by atoms with Crippen LogP contribution < -0.4 is 10.6 Å². The Kier molecular flexibility index (Phi) is 5.26. The number of nitrogens with one attached hydrogen (secondary N) is 2. The van der Waals surface area contributed by atoms with Crippen LogP contribution in [-0.2, 0) is 6.54 Å². The van der Waals surface area contributed by atoms with Gasteiger partial charge in [-0.25, -0.2) is 9.97 Å². The third-order valence-corrected chi connectivity index (χ3v) is 2.88. The number of aromatic nitrogens is 2. The molecule has 1 aromatic carbocycles. The minimum atomic E-state index is -0.172. The highest BCUT2D eigenvalue weighted by Gasteiger charge is 2.07. The minimum absolute atomic E-state index is 0.172. The van der Waals surface area contributed by atoms with Crippen LogP contribution in [0, 0.1) is 5.92 Å². The van der Waals surface area contributed by atoms with E-state index in [1.165, 1.54) is 12.4 Å². The molecular weight excluding hydrogens is 264 g/mol. The number of hydrogen-bond donors (Lipinski definition) is 2. The average molecular weight is 284 g/mol. The smallest absolute Gasteiger partial charge is 0.254 e. The Morgan fingerprint density at radius 1 is 1.14 bits per heavy atom. The first kappa shape index (κ1) is 15.0. The predicted molar refractivity (Wildman–Crippen MR) is 83.0 cm³/mol. The highest BCUT2D eigenvalue weighted by Crippen LogP contribution is 2.03. The van der Waals surface area contributed by atoms with Gasteiger partial charge in [0.2, 0.25) is 5.95 Å². The molecule has 2 N–H and O–H groups in total. The summed E-state index contributed by atoms with van der Waals surface area (Å²) in [6.45, 7) is 5.52. The monoisotopic (exact) mass is 284 g/mol. The summed E-state index contributed by atoms with van der Waals surface area (Å²) >= 11 is 0.